The van der Waals surface area contributed by atoms with Crippen LogP contribution in [0.5, 0.6) is 11.5 Å². The topological polar surface area (TPSA) is 18.5 Å². The van der Waals surface area contributed by atoms with E-state index >= 15 is 0 Å². The molecule has 0 amide bonds. The van der Waals surface area contributed by atoms with E-state index < -0.39 is 0 Å². The summed E-state index contributed by atoms with van der Waals surface area (Å²) in [6.45, 7) is 0. The highest BCUT2D eigenvalue weighted by atomic mass is 31.0. The molecule has 2 nitrogen and oxygen atoms in total. The zero-order valence-corrected chi connectivity index (χ0v) is 8.25. The molecule has 11 heavy (non-hydrogen) atoms. The molecule has 0 heterocycles. The molecule has 0 radical (unpaired) electrons. The Labute approximate surface area is 70.1 Å². The summed E-state index contributed by atoms with van der Waals surface area (Å²) < 4.78 is 10.0. The first kappa shape index (κ1) is 10.2. The molecule has 0 bridgehead atoms. The molecule has 3 heteroatoms. The molecule has 0 aliphatic rings. The molecular formula is C8H13O2P. The average molecular weight is 172 g/mol. The van der Waals surface area contributed by atoms with Crippen molar-refractivity contribution >= 4 is 9.90 Å². The Morgan fingerprint density at radius 3 is 1.55 bits per heavy atom. The molecule has 0 saturated heterocycles. The molecule has 1 rings (SSSR count). The van der Waals surface area contributed by atoms with Gasteiger partial charge in [-0.25, -0.2) is 0 Å². The third-order valence-corrected chi connectivity index (χ3v) is 1.29. The van der Waals surface area contributed by atoms with E-state index in [0.717, 1.165) is 11.5 Å². The van der Waals surface area contributed by atoms with Gasteiger partial charge in [-0.05, 0) is 12.1 Å². The van der Waals surface area contributed by atoms with Gasteiger partial charge in [0.25, 0.3) is 0 Å². The maximum absolute atomic E-state index is 5.01. The van der Waals surface area contributed by atoms with E-state index in [1.807, 2.05) is 24.3 Å². The van der Waals surface area contributed by atoms with Gasteiger partial charge in [-0.1, -0.05) is 12.1 Å². The van der Waals surface area contributed by atoms with Crippen molar-refractivity contribution in [2.24, 2.45) is 0 Å². The van der Waals surface area contributed by atoms with Crippen LogP contribution in [0, 0.1) is 0 Å². The van der Waals surface area contributed by atoms with Crippen molar-refractivity contribution in [3.05, 3.63) is 24.3 Å². The van der Waals surface area contributed by atoms with Crippen LogP contribution in [0.4, 0.5) is 0 Å². The van der Waals surface area contributed by atoms with Gasteiger partial charge in [-0.15, -0.1) is 0 Å². The molecule has 62 valence electrons. The normalized spacial score (nSPS) is 8.18. The Kier molecular flexibility index (Phi) is 4.64. The van der Waals surface area contributed by atoms with Crippen molar-refractivity contribution in [3.8, 4) is 11.5 Å². The standard InChI is InChI=1S/C8H10O2.H3P/c1-9-7-5-3-4-6-8(7)10-2;/h3-6H,1-2H3;1H3. The van der Waals surface area contributed by atoms with Crippen LogP contribution in [-0.4, -0.2) is 14.2 Å². The number of para-hydroxylation sites is 2. The number of methoxy groups -OCH3 is 2. The number of hydrogen-bond donors (Lipinski definition) is 0. The van der Waals surface area contributed by atoms with Gasteiger partial charge in [0, 0.05) is 0 Å². The minimum absolute atomic E-state index is 0. The fourth-order valence-electron chi connectivity index (χ4n) is 0.787. The maximum Gasteiger partial charge on any atom is 0.160 e. The number of benzene rings is 1. The Morgan fingerprint density at radius 2 is 1.27 bits per heavy atom. The van der Waals surface area contributed by atoms with Gasteiger partial charge in [-0.3, -0.25) is 0 Å². The van der Waals surface area contributed by atoms with Gasteiger partial charge in [0.15, 0.2) is 11.5 Å². The largest absolute Gasteiger partial charge is 0.493 e. The van der Waals surface area contributed by atoms with Gasteiger partial charge in [0.2, 0.25) is 0 Å². The summed E-state index contributed by atoms with van der Waals surface area (Å²) in [5, 5.41) is 0. The molecule has 0 aromatic heterocycles. The SMILES string of the molecule is COc1ccccc1OC.P. The molecule has 0 spiro atoms. The van der Waals surface area contributed by atoms with Crippen LogP contribution in [0.15, 0.2) is 24.3 Å². The maximum atomic E-state index is 5.01. The van der Waals surface area contributed by atoms with Crippen molar-refractivity contribution in [1.29, 1.82) is 0 Å². The zero-order valence-electron chi connectivity index (χ0n) is 6.83. The van der Waals surface area contributed by atoms with Gasteiger partial charge in [0.05, 0.1) is 14.2 Å². The van der Waals surface area contributed by atoms with E-state index in [0.29, 0.717) is 0 Å². The van der Waals surface area contributed by atoms with E-state index in [9.17, 15) is 0 Å². The lowest BCUT2D eigenvalue weighted by atomic mass is 10.3. The van der Waals surface area contributed by atoms with E-state index in [1.54, 1.807) is 14.2 Å². The number of ether oxygens (including phenoxy) is 2. The van der Waals surface area contributed by atoms with Gasteiger partial charge in [-0.2, -0.15) is 9.90 Å². The predicted octanol–water partition coefficient (Wildman–Crippen LogP) is 1.76. The van der Waals surface area contributed by atoms with E-state index in [4.69, 9.17) is 9.47 Å². The number of hydrogen-bond acceptors (Lipinski definition) is 2. The highest BCUT2D eigenvalue weighted by Gasteiger charge is 1.97. The third-order valence-electron chi connectivity index (χ3n) is 1.29. The van der Waals surface area contributed by atoms with Crippen LogP contribution in [0.1, 0.15) is 0 Å². The van der Waals surface area contributed by atoms with Crippen molar-refractivity contribution < 1.29 is 9.47 Å². The first-order valence-electron chi connectivity index (χ1n) is 3.05. The Morgan fingerprint density at radius 1 is 0.909 bits per heavy atom. The highest BCUT2D eigenvalue weighted by molar-refractivity contribution is 6.92. The molecule has 0 saturated carbocycles. The molecule has 0 fully saturated rings. The molecule has 0 aliphatic heterocycles. The quantitative estimate of drug-likeness (QED) is 0.633. The second-order valence-corrected chi connectivity index (χ2v) is 1.85. The van der Waals surface area contributed by atoms with Gasteiger partial charge in [0.1, 0.15) is 0 Å². The summed E-state index contributed by atoms with van der Waals surface area (Å²) in [4.78, 5) is 0. The van der Waals surface area contributed by atoms with Crippen LogP contribution >= 0.6 is 9.90 Å². The molecule has 1 aromatic carbocycles. The monoisotopic (exact) mass is 172 g/mol. The Hall–Kier alpha value is -0.750. The Balaban J connectivity index is 0.000001000. The van der Waals surface area contributed by atoms with Crippen LogP contribution in [0.3, 0.4) is 0 Å². The lowest BCUT2D eigenvalue weighted by molar-refractivity contribution is 0.355. The second kappa shape index (κ2) is 4.97. The highest BCUT2D eigenvalue weighted by Crippen LogP contribution is 2.24. The Bertz CT molecular complexity index is 190. The molecule has 0 aliphatic carbocycles. The first-order valence-corrected chi connectivity index (χ1v) is 3.05. The summed E-state index contributed by atoms with van der Waals surface area (Å²) in [5.74, 6) is 1.54. The smallest absolute Gasteiger partial charge is 0.160 e. The number of rotatable bonds is 2. The average Bonchev–Trinajstić information content (AvgIpc) is 2.04. The van der Waals surface area contributed by atoms with Crippen molar-refractivity contribution in [3.63, 3.8) is 0 Å². The van der Waals surface area contributed by atoms with Crippen molar-refractivity contribution in [2.45, 2.75) is 0 Å². The fraction of sp³-hybridized carbons (Fsp3) is 0.250. The molecule has 1 aromatic rings. The van der Waals surface area contributed by atoms with Crippen LogP contribution in [-0.2, 0) is 0 Å². The molecule has 1 unspecified atom stereocenters. The second-order valence-electron chi connectivity index (χ2n) is 1.85. The summed E-state index contributed by atoms with van der Waals surface area (Å²) in [6.07, 6.45) is 0. The summed E-state index contributed by atoms with van der Waals surface area (Å²) in [7, 11) is 3.25. The van der Waals surface area contributed by atoms with Crippen LogP contribution in [0.2, 0.25) is 0 Å². The lowest BCUT2D eigenvalue weighted by Gasteiger charge is -2.04. The van der Waals surface area contributed by atoms with E-state index in [2.05, 4.69) is 0 Å². The van der Waals surface area contributed by atoms with E-state index in [-0.39, 0.29) is 9.90 Å². The summed E-state index contributed by atoms with van der Waals surface area (Å²) in [6, 6.07) is 7.53. The summed E-state index contributed by atoms with van der Waals surface area (Å²) >= 11 is 0. The predicted molar refractivity (Wildman–Crippen MR) is 50.7 cm³/mol. The minimum Gasteiger partial charge on any atom is -0.493 e. The first-order chi connectivity index (χ1) is 4.88. The lowest BCUT2D eigenvalue weighted by Crippen LogP contribution is -1.88. The molecular weight excluding hydrogens is 159 g/mol. The van der Waals surface area contributed by atoms with E-state index in [1.165, 1.54) is 0 Å². The third kappa shape index (κ3) is 2.39. The van der Waals surface area contributed by atoms with Gasteiger partial charge < -0.3 is 9.47 Å². The van der Waals surface area contributed by atoms with Crippen molar-refractivity contribution in [1.82, 2.24) is 0 Å². The fourth-order valence-corrected chi connectivity index (χ4v) is 0.787. The molecule has 0 N–H and O–H groups in total. The zero-order chi connectivity index (χ0) is 7.40. The van der Waals surface area contributed by atoms with Gasteiger partial charge >= 0.3 is 0 Å². The van der Waals surface area contributed by atoms with Crippen molar-refractivity contribution in [2.75, 3.05) is 14.2 Å². The van der Waals surface area contributed by atoms with Crippen LogP contribution in [0.25, 0.3) is 0 Å². The van der Waals surface area contributed by atoms with Crippen LogP contribution < -0.4 is 9.47 Å². The molecule has 1 atom stereocenters. The summed E-state index contributed by atoms with van der Waals surface area (Å²) in [5.41, 5.74) is 0. The minimum atomic E-state index is 0.